The Morgan fingerprint density at radius 3 is 2.56 bits per heavy atom. The Kier molecular flexibility index (Phi) is 8.09. The molecule has 186 valence electrons. The van der Waals surface area contributed by atoms with Crippen molar-refractivity contribution in [2.45, 2.75) is 40.4 Å². The zero-order chi connectivity index (χ0) is 24.3. The number of piperidine rings is 1. The van der Waals surface area contributed by atoms with E-state index in [-0.39, 0.29) is 6.61 Å². The normalized spacial score (nSPS) is 17.0. The van der Waals surface area contributed by atoms with Crippen molar-refractivity contribution >= 4 is 33.2 Å². The summed E-state index contributed by atoms with van der Waals surface area (Å²) in [5, 5.41) is 9.20. The molecular formula is C25H35N3O4S2. The fourth-order valence-electron chi connectivity index (χ4n) is 4.75. The lowest BCUT2D eigenvalue weighted by molar-refractivity contribution is 0.158. The van der Waals surface area contributed by atoms with Crippen LogP contribution in [0.2, 0.25) is 0 Å². The SMILES string of the molecule is COc1ccc2c(c1)N(CCCN1CCC(CCO)CC1)c1cccc(S(=O)(=O)N(C)C)c1S2. The molecule has 1 N–H and O–H groups in total. The fourth-order valence-corrected chi connectivity index (χ4v) is 7.26. The van der Waals surface area contributed by atoms with Gasteiger partial charge in [-0.15, -0.1) is 0 Å². The minimum absolute atomic E-state index is 0.283. The van der Waals surface area contributed by atoms with Crippen LogP contribution >= 0.6 is 11.8 Å². The minimum Gasteiger partial charge on any atom is -0.497 e. The lowest BCUT2D eigenvalue weighted by Crippen LogP contribution is -2.36. The zero-order valence-corrected chi connectivity index (χ0v) is 21.9. The second-order valence-corrected chi connectivity index (χ2v) is 12.3. The molecule has 0 spiro atoms. The number of hydrogen-bond donors (Lipinski definition) is 1. The number of aliphatic hydroxyl groups is 1. The van der Waals surface area contributed by atoms with Crippen LogP contribution in [0.1, 0.15) is 25.7 Å². The van der Waals surface area contributed by atoms with E-state index in [1.807, 2.05) is 30.3 Å². The average molecular weight is 506 g/mol. The number of rotatable bonds is 9. The Morgan fingerprint density at radius 1 is 1.12 bits per heavy atom. The Balaban J connectivity index is 1.58. The van der Waals surface area contributed by atoms with Gasteiger partial charge in [0.25, 0.3) is 0 Å². The van der Waals surface area contributed by atoms with E-state index in [0.717, 1.165) is 78.8 Å². The molecule has 0 unspecified atom stereocenters. The van der Waals surface area contributed by atoms with Gasteiger partial charge in [0, 0.05) is 38.2 Å². The third kappa shape index (κ3) is 5.23. The summed E-state index contributed by atoms with van der Waals surface area (Å²) >= 11 is 1.51. The number of benzene rings is 2. The van der Waals surface area contributed by atoms with Gasteiger partial charge in [-0.2, -0.15) is 0 Å². The van der Waals surface area contributed by atoms with Crippen molar-refractivity contribution in [3.05, 3.63) is 36.4 Å². The highest BCUT2D eigenvalue weighted by atomic mass is 32.2. The second kappa shape index (κ2) is 10.9. The maximum Gasteiger partial charge on any atom is 0.243 e. The number of fused-ring (bicyclic) bond motifs is 2. The molecule has 0 aliphatic carbocycles. The maximum atomic E-state index is 13.1. The standard InChI is InChI=1S/C25H35N3O4S2/c1-26(2)34(30,31)24-7-4-6-21-25(24)33-23-9-8-20(32-3)18-22(23)28(21)14-5-13-27-15-10-19(11-16-27)12-17-29/h4,6-9,18-19,29H,5,10-17H2,1-3H3. The van der Waals surface area contributed by atoms with Gasteiger partial charge in [0.1, 0.15) is 5.75 Å². The number of likely N-dealkylation sites (tertiary alicyclic amines) is 1. The Morgan fingerprint density at radius 2 is 1.88 bits per heavy atom. The van der Waals surface area contributed by atoms with E-state index in [4.69, 9.17) is 4.74 Å². The molecule has 0 radical (unpaired) electrons. The predicted octanol–water partition coefficient (Wildman–Crippen LogP) is 4.03. The van der Waals surface area contributed by atoms with Crippen molar-refractivity contribution in [1.82, 2.24) is 9.21 Å². The van der Waals surface area contributed by atoms with Crippen LogP contribution in [-0.2, 0) is 10.0 Å². The molecular weight excluding hydrogens is 470 g/mol. The molecule has 0 aromatic heterocycles. The van der Waals surface area contributed by atoms with Gasteiger partial charge in [-0.05, 0) is 75.5 Å². The number of aliphatic hydroxyl groups excluding tert-OH is 1. The number of ether oxygens (including phenoxy) is 1. The van der Waals surface area contributed by atoms with Crippen molar-refractivity contribution in [2.24, 2.45) is 5.92 Å². The average Bonchev–Trinajstić information content (AvgIpc) is 2.84. The van der Waals surface area contributed by atoms with Crippen molar-refractivity contribution in [2.75, 3.05) is 58.9 Å². The summed E-state index contributed by atoms with van der Waals surface area (Å²) in [6.45, 7) is 4.22. The molecule has 4 rings (SSSR count). The van der Waals surface area contributed by atoms with E-state index in [1.54, 1.807) is 27.3 Å². The largest absolute Gasteiger partial charge is 0.497 e. The molecule has 2 aliphatic rings. The highest BCUT2D eigenvalue weighted by Gasteiger charge is 2.31. The van der Waals surface area contributed by atoms with Gasteiger partial charge in [0.2, 0.25) is 10.0 Å². The molecule has 2 heterocycles. The Bertz CT molecular complexity index is 1100. The number of sulfonamides is 1. The molecule has 1 fully saturated rings. The predicted molar refractivity (Wildman–Crippen MR) is 137 cm³/mol. The second-order valence-electron chi connectivity index (χ2n) is 9.13. The van der Waals surface area contributed by atoms with Gasteiger partial charge in [0.15, 0.2) is 0 Å². The lowest BCUT2D eigenvalue weighted by Gasteiger charge is -2.35. The monoisotopic (exact) mass is 505 g/mol. The van der Waals surface area contributed by atoms with Crippen LogP contribution in [0.15, 0.2) is 51.1 Å². The minimum atomic E-state index is -3.57. The Labute approximate surface area is 207 Å². The summed E-state index contributed by atoms with van der Waals surface area (Å²) in [5.74, 6) is 1.43. The molecule has 0 saturated carbocycles. The van der Waals surface area contributed by atoms with Crippen LogP contribution in [0.3, 0.4) is 0 Å². The first-order valence-electron chi connectivity index (χ1n) is 11.9. The first-order valence-corrected chi connectivity index (χ1v) is 14.1. The summed E-state index contributed by atoms with van der Waals surface area (Å²) in [5.41, 5.74) is 1.98. The smallest absolute Gasteiger partial charge is 0.243 e. The molecule has 0 amide bonds. The number of methoxy groups -OCH3 is 1. The summed E-state index contributed by atoms with van der Waals surface area (Å²) in [4.78, 5) is 6.90. The third-order valence-electron chi connectivity index (χ3n) is 6.78. The van der Waals surface area contributed by atoms with Gasteiger partial charge < -0.3 is 19.6 Å². The van der Waals surface area contributed by atoms with E-state index in [0.29, 0.717) is 10.8 Å². The zero-order valence-electron chi connectivity index (χ0n) is 20.2. The van der Waals surface area contributed by atoms with E-state index < -0.39 is 10.0 Å². The third-order valence-corrected chi connectivity index (χ3v) is 9.96. The summed E-state index contributed by atoms with van der Waals surface area (Å²) < 4.78 is 32.9. The molecule has 7 nitrogen and oxygen atoms in total. The van der Waals surface area contributed by atoms with E-state index in [1.165, 1.54) is 16.1 Å². The molecule has 1 saturated heterocycles. The van der Waals surface area contributed by atoms with E-state index in [9.17, 15) is 13.5 Å². The molecule has 2 aliphatic heterocycles. The van der Waals surface area contributed by atoms with Crippen molar-refractivity contribution < 1.29 is 18.3 Å². The Hall–Kier alpha value is -1.78. The molecule has 2 aromatic rings. The van der Waals surface area contributed by atoms with Crippen molar-refractivity contribution in [3.8, 4) is 5.75 Å². The number of nitrogens with zero attached hydrogens (tertiary/aromatic N) is 3. The van der Waals surface area contributed by atoms with Gasteiger partial charge >= 0.3 is 0 Å². The van der Waals surface area contributed by atoms with Crippen molar-refractivity contribution in [3.63, 3.8) is 0 Å². The van der Waals surface area contributed by atoms with Crippen molar-refractivity contribution in [1.29, 1.82) is 0 Å². The highest BCUT2D eigenvalue weighted by molar-refractivity contribution is 8.00. The van der Waals surface area contributed by atoms with E-state index >= 15 is 0 Å². The molecule has 2 aromatic carbocycles. The number of anilines is 2. The summed E-state index contributed by atoms with van der Waals surface area (Å²) in [7, 11) is 1.24. The van der Waals surface area contributed by atoms with E-state index in [2.05, 4.69) is 9.80 Å². The van der Waals surface area contributed by atoms with Gasteiger partial charge in [-0.1, -0.05) is 17.8 Å². The van der Waals surface area contributed by atoms with Gasteiger partial charge in [0.05, 0.1) is 28.3 Å². The highest BCUT2D eigenvalue weighted by Crippen LogP contribution is 2.51. The van der Waals surface area contributed by atoms with Crippen LogP contribution < -0.4 is 9.64 Å². The topological polar surface area (TPSA) is 73.3 Å². The van der Waals surface area contributed by atoms with Crippen LogP contribution in [0.25, 0.3) is 0 Å². The summed E-state index contributed by atoms with van der Waals surface area (Å²) in [6.07, 6.45) is 4.17. The molecule has 0 bridgehead atoms. The van der Waals surface area contributed by atoms with Crippen LogP contribution in [0.4, 0.5) is 11.4 Å². The number of hydrogen-bond acceptors (Lipinski definition) is 7. The fraction of sp³-hybridized carbons (Fsp3) is 0.520. The van der Waals surface area contributed by atoms with Crippen LogP contribution in [0.5, 0.6) is 5.75 Å². The first-order chi connectivity index (χ1) is 16.3. The van der Waals surface area contributed by atoms with Crippen LogP contribution in [0, 0.1) is 5.92 Å². The first kappa shape index (κ1) is 25.3. The lowest BCUT2D eigenvalue weighted by atomic mass is 9.94. The summed E-state index contributed by atoms with van der Waals surface area (Å²) in [6, 6.07) is 11.5. The van der Waals surface area contributed by atoms with Gasteiger partial charge in [-0.3, -0.25) is 0 Å². The molecule has 0 atom stereocenters. The molecule has 9 heteroatoms. The van der Waals surface area contributed by atoms with Crippen LogP contribution in [-0.4, -0.2) is 76.7 Å². The van der Waals surface area contributed by atoms with Gasteiger partial charge in [-0.25, -0.2) is 12.7 Å². The maximum absolute atomic E-state index is 13.1. The quantitative estimate of drug-likeness (QED) is 0.552. The molecule has 34 heavy (non-hydrogen) atoms.